The van der Waals surface area contributed by atoms with Crippen molar-refractivity contribution in [3.05, 3.63) is 23.0 Å². The summed E-state index contributed by atoms with van der Waals surface area (Å²) in [5.41, 5.74) is 0.606. The number of hydrogen-bond donors (Lipinski definition) is 3. The number of phenols is 1. The summed E-state index contributed by atoms with van der Waals surface area (Å²) in [7, 11) is -4.18. The highest BCUT2D eigenvalue weighted by atomic mass is 32.2. The fourth-order valence-electron chi connectivity index (χ4n) is 3.96. The van der Waals surface area contributed by atoms with Crippen LogP contribution in [0.5, 0.6) is 5.75 Å². The molecule has 0 saturated carbocycles. The molecule has 10 heteroatoms. The zero-order valence-corrected chi connectivity index (χ0v) is 15.0. The fraction of sp³-hybridized carbons (Fsp3) is 0.562. The number of aromatic hydroxyl groups is 1. The van der Waals surface area contributed by atoms with Gasteiger partial charge in [-0.3, -0.25) is 9.69 Å². The Balaban J connectivity index is 1.65. The first-order valence-electron chi connectivity index (χ1n) is 8.67. The van der Waals surface area contributed by atoms with Crippen molar-refractivity contribution in [3.63, 3.8) is 0 Å². The summed E-state index contributed by atoms with van der Waals surface area (Å²) >= 11 is 0. The normalized spacial score (nSPS) is 25.3. The Kier molecular flexibility index (Phi) is 4.28. The van der Waals surface area contributed by atoms with Gasteiger partial charge in [0.2, 0.25) is 0 Å². The number of nitrogens with one attached hydrogen (secondary N) is 2. The van der Waals surface area contributed by atoms with E-state index >= 15 is 4.39 Å². The van der Waals surface area contributed by atoms with Gasteiger partial charge in [0.1, 0.15) is 18.0 Å². The maximum atomic E-state index is 15.2. The number of hydrogen-bond acceptors (Lipinski definition) is 6. The van der Waals surface area contributed by atoms with Crippen LogP contribution in [-0.2, 0) is 28.0 Å². The van der Waals surface area contributed by atoms with Crippen LogP contribution in [-0.4, -0.2) is 56.6 Å². The molecule has 0 aromatic heterocycles. The van der Waals surface area contributed by atoms with Gasteiger partial charge in [0.15, 0.2) is 5.82 Å². The van der Waals surface area contributed by atoms with Crippen LogP contribution in [0.2, 0.25) is 0 Å². The monoisotopic (exact) mass is 384 g/mol. The smallest absolute Gasteiger partial charge is 0.326 e. The van der Waals surface area contributed by atoms with Gasteiger partial charge in [0, 0.05) is 31.2 Å². The van der Waals surface area contributed by atoms with Crippen molar-refractivity contribution in [1.29, 1.82) is 0 Å². The molecule has 2 saturated heterocycles. The Bertz CT molecular complexity index is 854. The molecule has 1 amide bonds. The highest BCUT2D eigenvalue weighted by Gasteiger charge is 2.39. The molecule has 0 bridgehead atoms. The second kappa shape index (κ2) is 6.36. The van der Waals surface area contributed by atoms with Crippen LogP contribution in [0.25, 0.3) is 0 Å². The van der Waals surface area contributed by atoms with Crippen molar-refractivity contribution in [1.82, 2.24) is 14.9 Å². The molecule has 0 radical (unpaired) electrons. The zero-order valence-electron chi connectivity index (χ0n) is 14.2. The van der Waals surface area contributed by atoms with Crippen molar-refractivity contribution in [2.75, 3.05) is 30.5 Å². The summed E-state index contributed by atoms with van der Waals surface area (Å²) < 4.78 is 41.6. The van der Waals surface area contributed by atoms with Crippen LogP contribution in [0.1, 0.15) is 24.0 Å². The SMILES string of the molecule is O=C1CN(c2c(O)cc3c(c2F)CN(CC2CCCN2)CC3)S(=O)(=O)N1. The molecule has 3 N–H and O–H groups in total. The number of rotatable bonds is 3. The minimum Gasteiger partial charge on any atom is -0.506 e. The molecule has 3 aliphatic rings. The summed E-state index contributed by atoms with van der Waals surface area (Å²) in [5.74, 6) is -1.99. The number of benzene rings is 1. The first kappa shape index (κ1) is 17.5. The van der Waals surface area contributed by atoms with Crippen LogP contribution >= 0.6 is 0 Å². The number of halogens is 1. The van der Waals surface area contributed by atoms with E-state index in [1.165, 1.54) is 6.07 Å². The van der Waals surface area contributed by atoms with Gasteiger partial charge < -0.3 is 10.4 Å². The van der Waals surface area contributed by atoms with Crippen LogP contribution in [0.3, 0.4) is 0 Å². The molecule has 2 fully saturated rings. The van der Waals surface area contributed by atoms with Crippen LogP contribution in [0.15, 0.2) is 6.07 Å². The lowest BCUT2D eigenvalue weighted by Gasteiger charge is -2.32. The van der Waals surface area contributed by atoms with E-state index in [-0.39, 0.29) is 0 Å². The van der Waals surface area contributed by atoms with Gasteiger partial charge >= 0.3 is 10.2 Å². The fourth-order valence-corrected chi connectivity index (χ4v) is 5.12. The molecule has 0 spiro atoms. The van der Waals surface area contributed by atoms with Crippen LogP contribution < -0.4 is 14.3 Å². The highest BCUT2D eigenvalue weighted by Crippen LogP contribution is 2.39. The molecule has 3 heterocycles. The molecule has 26 heavy (non-hydrogen) atoms. The Morgan fingerprint density at radius 3 is 2.81 bits per heavy atom. The largest absolute Gasteiger partial charge is 0.506 e. The summed E-state index contributed by atoms with van der Waals surface area (Å²) in [6, 6.07) is 1.80. The van der Waals surface area contributed by atoms with Crippen molar-refractivity contribution < 1.29 is 22.7 Å². The van der Waals surface area contributed by atoms with E-state index in [0.29, 0.717) is 34.4 Å². The van der Waals surface area contributed by atoms with Crippen molar-refractivity contribution in [2.45, 2.75) is 31.8 Å². The quantitative estimate of drug-likeness (QED) is 0.668. The van der Waals surface area contributed by atoms with Gasteiger partial charge in [0.05, 0.1) is 0 Å². The second-order valence-electron chi connectivity index (χ2n) is 7.01. The third kappa shape index (κ3) is 3.01. The van der Waals surface area contributed by atoms with Gasteiger partial charge in [-0.1, -0.05) is 0 Å². The third-order valence-electron chi connectivity index (χ3n) is 5.20. The number of amides is 1. The van der Waals surface area contributed by atoms with Crippen molar-refractivity contribution >= 4 is 21.8 Å². The Morgan fingerprint density at radius 1 is 1.35 bits per heavy atom. The average molecular weight is 384 g/mol. The predicted molar refractivity (Wildman–Crippen MR) is 92.5 cm³/mol. The zero-order chi connectivity index (χ0) is 18.5. The number of carbonyl (C=O) groups is 1. The molecule has 8 nitrogen and oxygen atoms in total. The van der Waals surface area contributed by atoms with Crippen molar-refractivity contribution in [2.24, 2.45) is 0 Å². The molecule has 1 aromatic carbocycles. The van der Waals surface area contributed by atoms with Gasteiger partial charge in [-0.25, -0.2) is 13.4 Å². The highest BCUT2D eigenvalue weighted by molar-refractivity contribution is 7.92. The first-order chi connectivity index (χ1) is 12.3. The molecular weight excluding hydrogens is 363 g/mol. The Morgan fingerprint density at radius 2 is 2.15 bits per heavy atom. The molecule has 3 aliphatic heterocycles. The van der Waals surface area contributed by atoms with E-state index in [2.05, 4.69) is 10.2 Å². The van der Waals surface area contributed by atoms with E-state index < -0.39 is 39.9 Å². The first-order valence-corrected chi connectivity index (χ1v) is 10.1. The third-order valence-corrected chi connectivity index (χ3v) is 6.58. The second-order valence-corrected chi connectivity index (χ2v) is 8.61. The Labute approximate surface area is 151 Å². The van der Waals surface area contributed by atoms with E-state index in [1.807, 2.05) is 0 Å². The van der Waals surface area contributed by atoms with Gasteiger partial charge in [-0.05, 0) is 37.4 Å². The molecule has 1 aromatic rings. The molecular formula is C16H21FN4O4S. The van der Waals surface area contributed by atoms with Gasteiger partial charge in [-0.15, -0.1) is 0 Å². The van der Waals surface area contributed by atoms with E-state index in [4.69, 9.17) is 0 Å². The number of phenolic OH excluding ortho intramolecular Hbond substituents is 1. The molecule has 142 valence electrons. The average Bonchev–Trinajstić information content (AvgIpc) is 3.15. The minimum absolute atomic E-state index is 0.349. The summed E-state index contributed by atoms with van der Waals surface area (Å²) in [4.78, 5) is 13.6. The van der Waals surface area contributed by atoms with E-state index in [1.54, 1.807) is 4.72 Å². The van der Waals surface area contributed by atoms with E-state index in [0.717, 1.165) is 32.5 Å². The van der Waals surface area contributed by atoms with Crippen LogP contribution in [0, 0.1) is 5.82 Å². The van der Waals surface area contributed by atoms with Gasteiger partial charge in [-0.2, -0.15) is 8.42 Å². The summed E-state index contributed by atoms with van der Waals surface area (Å²) in [6.07, 6.45) is 2.80. The van der Waals surface area contributed by atoms with E-state index in [9.17, 15) is 18.3 Å². The topological polar surface area (TPSA) is 102 Å². The lowest BCUT2D eigenvalue weighted by Crippen LogP contribution is -2.40. The number of nitrogens with zero attached hydrogens (tertiary/aromatic N) is 2. The lowest BCUT2D eigenvalue weighted by molar-refractivity contribution is -0.117. The predicted octanol–water partition coefficient (Wildman–Crippen LogP) is -0.178. The number of carbonyl (C=O) groups excluding carboxylic acids is 1. The maximum Gasteiger partial charge on any atom is 0.326 e. The molecule has 0 aliphatic carbocycles. The molecule has 1 unspecified atom stereocenters. The van der Waals surface area contributed by atoms with Crippen molar-refractivity contribution in [3.8, 4) is 5.75 Å². The Hall–Kier alpha value is -1.91. The van der Waals surface area contributed by atoms with Gasteiger partial charge in [0.25, 0.3) is 5.91 Å². The summed E-state index contributed by atoms with van der Waals surface area (Å²) in [5, 5.41) is 13.6. The molecule has 4 rings (SSSR count). The summed E-state index contributed by atoms with van der Waals surface area (Å²) in [6.45, 7) is 2.36. The number of anilines is 1. The standard InChI is InChI=1S/C16H21FN4O4S/c17-15-12-8-20(7-11-2-1-4-18-11)5-3-10(12)6-13(22)16(15)21-9-14(23)19-26(21,24)25/h6,11,18,22H,1-5,7-9H2,(H,19,23). The molecule has 1 atom stereocenters. The maximum absolute atomic E-state index is 15.2. The number of fused-ring (bicyclic) bond motifs is 1. The minimum atomic E-state index is -4.18. The lowest BCUT2D eigenvalue weighted by atomic mass is 9.97. The van der Waals surface area contributed by atoms with Crippen LogP contribution in [0.4, 0.5) is 10.1 Å².